The van der Waals surface area contributed by atoms with Crippen LogP contribution in [0.4, 0.5) is 0 Å². The normalized spacial score (nSPS) is 35.3. The van der Waals surface area contributed by atoms with Crippen LogP contribution in [0, 0.1) is 28.6 Å². The Morgan fingerprint density at radius 3 is 2.47 bits per heavy atom. The number of carbonyl (C=O) groups is 2. The summed E-state index contributed by atoms with van der Waals surface area (Å²) in [5.74, 6) is -1.08. The topological polar surface area (TPSA) is 76.1 Å². The number of carboxylic acid groups (broad SMARTS) is 1. The lowest BCUT2D eigenvalue weighted by Gasteiger charge is -2.47. The molecule has 7 atom stereocenters. The molecule has 1 aromatic rings. The van der Waals surface area contributed by atoms with Gasteiger partial charge < -0.3 is 14.6 Å². The Balaban J connectivity index is 1.62. The van der Waals surface area contributed by atoms with E-state index in [2.05, 4.69) is 13.8 Å². The second-order valence-electron chi connectivity index (χ2n) is 10.4. The number of hydrogen-bond donors (Lipinski definition) is 1. The van der Waals surface area contributed by atoms with Crippen molar-refractivity contribution in [3.05, 3.63) is 35.9 Å². The molecule has 5 heteroatoms. The monoisotopic (exact) mass is 442 g/mol. The molecule has 1 heterocycles. The number of benzene rings is 1. The number of carboxylic acids is 1. The third kappa shape index (κ3) is 3.67. The third-order valence-electron chi connectivity index (χ3n) is 8.71. The molecule has 3 aliphatic rings. The van der Waals surface area contributed by atoms with Crippen molar-refractivity contribution in [3.8, 4) is 0 Å². The molecule has 0 aromatic heterocycles. The number of ether oxygens (including phenoxy) is 2. The minimum Gasteiger partial charge on any atom is -0.481 e. The molecule has 0 radical (unpaired) electrons. The Morgan fingerprint density at radius 2 is 1.81 bits per heavy atom. The van der Waals surface area contributed by atoms with Gasteiger partial charge in [-0.15, -0.1) is 0 Å². The average Bonchev–Trinajstić information content (AvgIpc) is 3.43. The largest absolute Gasteiger partial charge is 0.481 e. The number of esters is 1. The first kappa shape index (κ1) is 23.3. The van der Waals surface area contributed by atoms with Crippen LogP contribution in [0.5, 0.6) is 0 Å². The van der Waals surface area contributed by atoms with Crippen LogP contribution in [0.2, 0.25) is 0 Å². The van der Waals surface area contributed by atoms with E-state index in [0.717, 1.165) is 50.5 Å². The lowest BCUT2D eigenvalue weighted by atomic mass is 9.53. The van der Waals surface area contributed by atoms with E-state index >= 15 is 0 Å². The van der Waals surface area contributed by atoms with Gasteiger partial charge in [-0.3, -0.25) is 9.59 Å². The van der Waals surface area contributed by atoms with E-state index in [1.165, 1.54) is 0 Å². The van der Waals surface area contributed by atoms with Gasteiger partial charge in [0.15, 0.2) is 0 Å². The first-order valence-corrected chi connectivity index (χ1v) is 12.5. The average molecular weight is 443 g/mol. The maximum atomic E-state index is 13.7. The molecule has 4 rings (SSSR count). The smallest absolute Gasteiger partial charge is 0.313 e. The van der Waals surface area contributed by atoms with Crippen molar-refractivity contribution in [2.24, 2.45) is 28.6 Å². The molecule has 5 nitrogen and oxygen atoms in total. The van der Waals surface area contributed by atoms with E-state index in [1.54, 1.807) is 0 Å². The summed E-state index contributed by atoms with van der Waals surface area (Å²) < 4.78 is 11.7. The number of hydrogen-bond acceptors (Lipinski definition) is 4. The van der Waals surface area contributed by atoms with E-state index < -0.39 is 16.8 Å². The first-order valence-electron chi connectivity index (χ1n) is 12.5. The van der Waals surface area contributed by atoms with E-state index in [-0.39, 0.29) is 36.6 Å². The molecule has 1 aliphatic heterocycles. The minimum absolute atomic E-state index is 0.00372. The van der Waals surface area contributed by atoms with Gasteiger partial charge in [0.25, 0.3) is 0 Å². The van der Waals surface area contributed by atoms with Gasteiger partial charge in [0.05, 0.1) is 23.0 Å². The maximum Gasteiger partial charge on any atom is 0.313 e. The fourth-order valence-electron chi connectivity index (χ4n) is 7.02. The molecule has 1 saturated heterocycles. The van der Waals surface area contributed by atoms with Crippen LogP contribution in [-0.2, 0) is 25.7 Å². The Bertz CT molecular complexity index is 823. The van der Waals surface area contributed by atoms with Gasteiger partial charge in [-0.2, -0.15) is 0 Å². The molecule has 7 unspecified atom stereocenters. The van der Waals surface area contributed by atoms with Gasteiger partial charge in [0, 0.05) is 11.8 Å². The first-order chi connectivity index (χ1) is 15.4. The van der Waals surface area contributed by atoms with Gasteiger partial charge in [-0.1, -0.05) is 82.7 Å². The van der Waals surface area contributed by atoms with Crippen LogP contribution in [-0.4, -0.2) is 29.3 Å². The molecule has 2 saturated carbocycles. The van der Waals surface area contributed by atoms with Crippen LogP contribution < -0.4 is 0 Å². The summed E-state index contributed by atoms with van der Waals surface area (Å²) in [4.78, 5) is 26.8. The molecule has 176 valence electrons. The fourth-order valence-corrected chi connectivity index (χ4v) is 7.02. The van der Waals surface area contributed by atoms with Gasteiger partial charge in [0.1, 0.15) is 6.61 Å². The lowest BCUT2D eigenvalue weighted by molar-refractivity contribution is -0.185. The van der Waals surface area contributed by atoms with Crippen molar-refractivity contribution in [1.82, 2.24) is 0 Å². The van der Waals surface area contributed by atoms with E-state index in [0.29, 0.717) is 12.3 Å². The van der Waals surface area contributed by atoms with Crippen molar-refractivity contribution in [2.75, 3.05) is 0 Å². The Morgan fingerprint density at radius 1 is 1.09 bits per heavy atom. The Labute approximate surface area is 191 Å². The van der Waals surface area contributed by atoms with Crippen molar-refractivity contribution in [1.29, 1.82) is 0 Å². The quantitative estimate of drug-likeness (QED) is 0.259. The molecule has 0 spiro atoms. The summed E-state index contributed by atoms with van der Waals surface area (Å²) in [6.07, 6.45) is 7.80. The van der Waals surface area contributed by atoms with Crippen molar-refractivity contribution in [2.45, 2.75) is 91.0 Å². The van der Waals surface area contributed by atoms with Crippen LogP contribution in [0.15, 0.2) is 30.3 Å². The summed E-state index contributed by atoms with van der Waals surface area (Å²) in [5, 5.41) is 10.7. The summed E-state index contributed by atoms with van der Waals surface area (Å²) in [5.41, 5.74) is -1.26. The Kier molecular flexibility index (Phi) is 6.67. The van der Waals surface area contributed by atoms with Crippen LogP contribution in [0.1, 0.15) is 77.7 Å². The van der Waals surface area contributed by atoms with E-state index in [4.69, 9.17) is 9.47 Å². The Hall–Kier alpha value is -1.88. The number of epoxide rings is 1. The molecular formula is C27H38O5. The van der Waals surface area contributed by atoms with E-state index in [1.807, 2.05) is 37.3 Å². The van der Waals surface area contributed by atoms with Crippen molar-refractivity contribution < 1.29 is 24.2 Å². The minimum atomic E-state index is -1.12. The third-order valence-corrected chi connectivity index (χ3v) is 8.71. The number of rotatable bonds is 12. The molecule has 1 aromatic carbocycles. The van der Waals surface area contributed by atoms with Crippen LogP contribution >= 0.6 is 0 Å². The predicted octanol–water partition coefficient (Wildman–Crippen LogP) is 5.61. The van der Waals surface area contributed by atoms with Crippen molar-refractivity contribution >= 4 is 11.9 Å². The number of fused-ring (bicyclic) bond motifs is 5. The standard InChI is InChI=1S/C27H38O5/c1-4-6-8-12-18(11-5-2)16-27(24(28)29)21-15-20(22-23(21)32-22)26(27,3)25(30)31-17-19-13-9-7-10-14-19/h7,9-10,13-14,18,20-23H,4-6,8,11-12,15-17H2,1-3H3,(H,28,29). The molecule has 3 fully saturated rings. The number of aliphatic carboxylic acids is 1. The lowest BCUT2D eigenvalue weighted by Crippen LogP contribution is -2.57. The highest BCUT2D eigenvalue weighted by Crippen LogP contribution is 2.74. The number of carbonyl (C=O) groups excluding carboxylic acids is 1. The zero-order valence-electron chi connectivity index (χ0n) is 19.7. The highest BCUT2D eigenvalue weighted by atomic mass is 16.6. The highest BCUT2D eigenvalue weighted by Gasteiger charge is 2.82. The van der Waals surface area contributed by atoms with E-state index in [9.17, 15) is 14.7 Å². The van der Waals surface area contributed by atoms with Crippen molar-refractivity contribution in [3.63, 3.8) is 0 Å². The van der Waals surface area contributed by atoms with Gasteiger partial charge in [0.2, 0.25) is 0 Å². The molecule has 32 heavy (non-hydrogen) atoms. The SMILES string of the molecule is CCCCCC(CCC)CC1(C(=O)O)C2CC(C3OC32)C1(C)C(=O)OCc1ccccc1. The predicted molar refractivity (Wildman–Crippen MR) is 122 cm³/mol. The van der Waals surface area contributed by atoms with Crippen LogP contribution in [0.25, 0.3) is 0 Å². The van der Waals surface area contributed by atoms with Gasteiger partial charge >= 0.3 is 11.9 Å². The number of unbranched alkanes of at least 4 members (excludes halogenated alkanes) is 2. The fraction of sp³-hybridized carbons (Fsp3) is 0.704. The van der Waals surface area contributed by atoms with Gasteiger partial charge in [-0.05, 0) is 31.2 Å². The molecule has 0 amide bonds. The zero-order valence-corrected chi connectivity index (χ0v) is 19.7. The summed E-state index contributed by atoms with van der Waals surface area (Å²) in [6, 6.07) is 9.60. The summed E-state index contributed by atoms with van der Waals surface area (Å²) in [6.45, 7) is 6.39. The molecular weight excluding hydrogens is 404 g/mol. The maximum absolute atomic E-state index is 13.7. The molecule has 2 aliphatic carbocycles. The summed E-state index contributed by atoms with van der Waals surface area (Å²) in [7, 11) is 0. The molecule has 1 N–H and O–H groups in total. The second-order valence-corrected chi connectivity index (χ2v) is 10.4. The molecule has 2 bridgehead atoms. The zero-order chi connectivity index (χ0) is 22.9. The second kappa shape index (κ2) is 9.17. The highest BCUT2D eigenvalue weighted by molar-refractivity contribution is 5.90. The van der Waals surface area contributed by atoms with Gasteiger partial charge in [-0.25, -0.2) is 0 Å². The summed E-state index contributed by atoms with van der Waals surface area (Å²) >= 11 is 0. The van der Waals surface area contributed by atoms with Crippen LogP contribution in [0.3, 0.4) is 0 Å².